The number of hydrogen-bond acceptors (Lipinski definition) is 3. The summed E-state index contributed by atoms with van der Waals surface area (Å²) in [6.07, 6.45) is 4.61. The van der Waals surface area contributed by atoms with E-state index in [2.05, 4.69) is 22.9 Å². The van der Waals surface area contributed by atoms with Gasteiger partial charge in [-0.3, -0.25) is 0 Å². The highest BCUT2D eigenvalue weighted by atomic mass is 79.9. The van der Waals surface area contributed by atoms with Crippen LogP contribution in [0.3, 0.4) is 0 Å². The van der Waals surface area contributed by atoms with Gasteiger partial charge < -0.3 is 4.84 Å². The molecule has 2 aromatic carbocycles. The number of unbranched alkanes of at least 4 members (excludes halogenated alkanes) is 1. The van der Waals surface area contributed by atoms with Gasteiger partial charge in [0.25, 0.3) is 10.0 Å². The van der Waals surface area contributed by atoms with Crippen molar-refractivity contribution in [2.75, 3.05) is 0 Å². The lowest BCUT2D eigenvalue weighted by molar-refractivity contribution is -0.0355. The molecule has 1 aliphatic rings. The Balaban J connectivity index is 1.97. The molecule has 25 heavy (non-hydrogen) atoms. The smallest absolute Gasteiger partial charge is 0.274 e. The van der Waals surface area contributed by atoms with Crippen LogP contribution in [0, 0.1) is 0 Å². The quantitative estimate of drug-likeness (QED) is 0.643. The molecule has 1 unspecified atom stereocenters. The third-order valence-corrected chi connectivity index (χ3v) is 6.22. The number of hydrogen-bond donors (Lipinski definition) is 0. The normalized spacial score (nSPS) is 18.0. The summed E-state index contributed by atoms with van der Waals surface area (Å²) in [5, 5.41) is 0. The van der Waals surface area contributed by atoms with Crippen molar-refractivity contribution < 1.29 is 13.3 Å². The zero-order chi connectivity index (χ0) is 17.9. The minimum Gasteiger partial charge on any atom is -0.395 e. The molecule has 0 bridgehead atoms. The van der Waals surface area contributed by atoms with Crippen LogP contribution in [0.1, 0.15) is 37.8 Å². The third kappa shape index (κ3) is 3.97. The van der Waals surface area contributed by atoms with Crippen LogP contribution in [0.4, 0.5) is 0 Å². The largest absolute Gasteiger partial charge is 0.395 e. The molecule has 1 heterocycles. The summed E-state index contributed by atoms with van der Waals surface area (Å²) in [5.41, 5.74) is 0.870. The van der Waals surface area contributed by atoms with Gasteiger partial charge in [0.1, 0.15) is 11.8 Å². The van der Waals surface area contributed by atoms with Gasteiger partial charge in [-0.15, -0.1) is 0 Å². The Morgan fingerprint density at radius 2 is 1.76 bits per heavy atom. The summed E-state index contributed by atoms with van der Waals surface area (Å²) >= 11 is 3.41. The summed E-state index contributed by atoms with van der Waals surface area (Å²) in [4.78, 5) is 6.00. The first-order chi connectivity index (χ1) is 12.0. The minimum absolute atomic E-state index is 0.224. The number of benzene rings is 2. The van der Waals surface area contributed by atoms with E-state index in [1.807, 2.05) is 30.3 Å². The highest BCUT2D eigenvalue weighted by Gasteiger charge is 2.38. The third-order valence-electron chi connectivity index (χ3n) is 4.04. The lowest BCUT2D eigenvalue weighted by Crippen LogP contribution is -2.30. The van der Waals surface area contributed by atoms with Gasteiger partial charge >= 0.3 is 0 Å². The van der Waals surface area contributed by atoms with Crippen molar-refractivity contribution in [3.8, 4) is 0 Å². The summed E-state index contributed by atoms with van der Waals surface area (Å²) in [6, 6.07) is 15.5. The maximum atomic E-state index is 13.1. The molecule has 0 aliphatic carbocycles. The molecule has 0 amide bonds. The lowest BCUT2D eigenvalue weighted by Gasteiger charge is -2.23. The molecular formula is C19H20BrNO3S. The van der Waals surface area contributed by atoms with Crippen molar-refractivity contribution >= 4 is 26.0 Å². The SMILES string of the molecule is CCCCC1=CC(c2ccc(Br)cc2)N(S(=O)(=O)c2ccccc2)O1. The van der Waals surface area contributed by atoms with Gasteiger partial charge in [-0.1, -0.05) is 59.6 Å². The number of allylic oxidation sites excluding steroid dienone is 1. The first-order valence-electron chi connectivity index (χ1n) is 8.26. The van der Waals surface area contributed by atoms with Gasteiger partial charge in [0.15, 0.2) is 0 Å². The Morgan fingerprint density at radius 3 is 2.40 bits per heavy atom. The van der Waals surface area contributed by atoms with Gasteiger partial charge in [-0.25, -0.2) is 8.42 Å². The van der Waals surface area contributed by atoms with Crippen molar-refractivity contribution in [3.05, 3.63) is 76.5 Å². The van der Waals surface area contributed by atoms with E-state index in [-0.39, 0.29) is 4.90 Å². The molecule has 2 aromatic rings. The fourth-order valence-electron chi connectivity index (χ4n) is 2.69. The second kappa shape index (κ2) is 7.72. The molecule has 0 saturated carbocycles. The van der Waals surface area contributed by atoms with Crippen LogP contribution in [-0.2, 0) is 14.9 Å². The summed E-state index contributed by atoms with van der Waals surface area (Å²) in [5.74, 6) is 0.703. The van der Waals surface area contributed by atoms with Crippen LogP contribution in [-0.4, -0.2) is 12.9 Å². The summed E-state index contributed by atoms with van der Waals surface area (Å²) in [6.45, 7) is 2.10. The van der Waals surface area contributed by atoms with Gasteiger partial charge in [0.05, 0.1) is 4.90 Å². The number of nitrogens with zero attached hydrogens (tertiary/aromatic N) is 1. The Morgan fingerprint density at radius 1 is 1.08 bits per heavy atom. The molecular weight excluding hydrogens is 402 g/mol. The fraction of sp³-hybridized carbons (Fsp3) is 0.263. The maximum absolute atomic E-state index is 13.1. The average molecular weight is 422 g/mol. The lowest BCUT2D eigenvalue weighted by atomic mass is 10.1. The van der Waals surface area contributed by atoms with Gasteiger partial charge in [0.2, 0.25) is 0 Å². The van der Waals surface area contributed by atoms with E-state index in [4.69, 9.17) is 4.84 Å². The molecule has 0 N–H and O–H groups in total. The summed E-state index contributed by atoms with van der Waals surface area (Å²) < 4.78 is 28.2. The highest BCUT2D eigenvalue weighted by Crippen LogP contribution is 2.37. The van der Waals surface area contributed by atoms with Crippen LogP contribution < -0.4 is 0 Å². The van der Waals surface area contributed by atoms with Gasteiger partial charge in [-0.05, 0) is 46.8 Å². The number of hydroxylamine groups is 1. The molecule has 4 nitrogen and oxygen atoms in total. The standard InChI is InChI=1S/C19H20BrNO3S/c1-2-3-7-17-14-19(15-10-12-16(20)13-11-15)21(24-17)25(22,23)18-8-5-4-6-9-18/h4-6,8-14,19H,2-3,7H2,1H3. The van der Waals surface area contributed by atoms with Crippen LogP contribution in [0.25, 0.3) is 0 Å². The highest BCUT2D eigenvalue weighted by molar-refractivity contribution is 9.10. The minimum atomic E-state index is -3.76. The van der Waals surface area contributed by atoms with E-state index in [0.717, 1.165) is 33.8 Å². The van der Waals surface area contributed by atoms with Crippen molar-refractivity contribution in [2.24, 2.45) is 0 Å². The van der Waals surface area contributed by atoms with Crippen molar-refractivity contribution in [1.29, 1.82) is 0 Å². The molecule has 0 radical (unpaired) electrons. The maximum Gasteiger partial charge on any atom is 0.274 e. The number of sulfonamides is 1. The second-order valence-electron chi connectivity index (χ2n) is 5.90. The van der Waals surface area contributed by atoms with Crippen LogP contribution in [0.5, 0.6) is 0 Å². The Hall–Kier alpha value is -1.63. The van der Waals surface area contributed by atoms with E-state index < -0.39 is 16.1 Å². The van der Waals surface area contributed by atoms with Crippen LogP contribution in [0.15, 0.2) is 75.8 Å². The zero-order valence-corrected chi connectivity index (χ0v) is 16.3. The number of rotatable bonds is 6. The number of halogens is 1. The molecule has 6 heteroatoms. The van der Waals surface area contributed by atoms with E-state index in [1.54, 1.807) is 30.3 Å². The molecule has 3 rings (SSSR count). The zero-order valence-electron chi connectivity index (χ0n) is 13.9. The molecule has 1 aliphatic heterocycles. The predicted octanol–water partition coefficient (Wildman–Crippen LogP) is 5.20. The van der Waals surface area contributed by atoms with Crippen molar-refractivity contribution in [2.45, 2.75) is 37.1 Å². The van der Waals surface area contributed by atoms with Crippen molar-refractivity contribution in [1.82, 2.24) is 4.47 Å². The van der Waals surface area contributed by atoms with E-state index >= 15 is 0 Å². The molecule has 0 aromatic heterocycles. The first-order valence-corrected chi connectivity index (χ1v) is 10.5. The second-order valence-corrected chi connectivity index (χ2v) is 8.59. The molecule has 0 saturated heterocycles. The van der Waals surface area contributed by atoms with E-state index in [1.165, 1.54) is 0 Å². The van der Waals surface area contributed by atoms with Gasteiger partial charge in [0, 0.05) is 10.9 Å². The Bertz CT molecular complexity index is 848. The first kappa shape index (κ1) is 18.2. The van der Waals surface area contributed by atoms with Crippen LogP contribution >= 0.6 is 15.9 Å². The Labute approximate surface area is 157 Å². The van der Waals surface area contributed by atoms with Gasteiger partial charge in [-0.2, -0.15) is 0 Å². The summed E-state index contributed by atoms with van der Waals surface area (Å²) in [7, 11) is -3.76. The molecule has 0 fully saturated rings. The Kier molecular flexibility index (Phi) is 5.61. The van der Waals surface area contributed by atoms with Crippen molar-refractivity contribution in [3.63, 3.8) is 0 Å². The molecule has 0 spiro atoms. The molecule has 1 atom stereocenters. The van der Waals surface area contributed by atoms with E-state index in [9.17, 15) is 8.42 Å². The topological polar surface area (TPSA) is 46.6 Å². The average Bonchev–Trinajstić information content (AvgIpc) is 3.06. The van der Waals surface area contributed by atoms with E-state index in [0.29, 0.717) is 5.76 Å². The molecule has 132 valence electrons. The predicted molar refractivity (Wildman–Crippen MR) is 101 cm³/mol. The fourth-order valence-corrected chi connectivity index (χ4v) is 4.34. The van der Waals surface area contributed by atoms with Crippen LogP contribution in [0.2, 0.25) is 0 Å². The monoisotopic (exact) mass is 421 g/mol.